The van der Waals surface area contributed by atoms with Crippen molar-refractivity contribution in [2.45, 2.75) is 32.9 Å². The number of carbonyl (C=O) groups is 1. The van der Waals surface area contributed by atoms with Gasteiger partial charge in [0.25, 0.3) is 0 Å². The minimum atomic E-state index is -0.351. The average molecular weight is 246 g/mol. The molecule has 0 bridgehead atoms. The van der Waals surface area contributed by atoms with Crippen molar-refractivity contribution in [2.75, 3.05) is 6.61 Å². The second-order valence-electron chi connectivity index (χ2n) is 4.10. The normalized spacial score (nSPS) is 13.4. The molecule has 0 aromatic heterocycles. The maximum absolute atomic E-state index is 11.5. The molecule has 4 nitrogen and oxygen atoms in total. The van der Waals surface area contributed by atoms with E-state index in [1.807, 2.05) is 19.1 Å². The maximum Gasteiger partial charge on any atom is 0.322 e. The quantitative estimate of drug-likeness (QED) is 0.809. The van der Waals surface area contributed by atoms with Gasteiger partial charge in [0.05, 0.1) is 18.2 Å². The molecule has 2 atom stereocenters. The van der Waals surface area contributed by atoms with Crippen LogP contribution in [0.2, 0.25) is 0 Å². The van der Waals surface area contributed by atoms with E-state index < -0.39 is 0 Å². The Bertz CT molecular complexity index is 434. The molecule has 18 heavy (non-hydrogen) atoms. The third kappa shape index (κ3) is 3.86. The minimum absolute atomic E-state index is 0.0251. The van der Waals surface area contributed by atoms with Crippen molar-refractivity contribution in [1.29, 1.82) is 5.26 Å². The largest absolute Gasteiger partial charge is 0.465 e. The predicted octanol–water partition coefficient (Wildman–Crippen LogP) is 2.16. The Labute approximate surface area is 108 Å². The highest BCUT2D eigenvalue weighted by Gasteiger charge is 2.16. The highest BCUT2D eigenvalue weighted by molar-refractivity contribution is 5.75. The smallest absolute Gasteiger partial charge is 0.322 e. The maximum atomic E-state index is 11.5. The summed E-state index contributed by atoms with van der Waals surface area (Å²) in [7, 11) is 0. The molecular weight excluding hydrogens is 228 g/mol. The molecule has 0 saturated carbocycles. The fourth-order valence-corrected chi connectivity index (χ4v) is 1.65. The SMILES string of the molecule is CCOC(=O)C(C)NC(C)c1ccc(C#N)cc1. The summed E-state index contributed by atoms with van der Waals surface area (Å²) >= 11 is 0. The highest BCUT2D eigenvalue weighted by atomic mass is 16.5. The second-order valence-corrected chi connectivity index (χ2v) is 4.10. The third-order valence-electron chi connectivity index (χ3n) is 2.68. The van der Waals surface area contributed by atoms with E-state index in [1.54, 1.807) is 26.0 Å². The van der Waals surface area contributed by atoms with Crippen molar-refractivity contribution in [1.82, 2.24) is 5.32 Å². The zero-order valence-electron chi connectivity index (χ0n) is 10.9. The second kappa shape index (κ2) is 6.77. The van der Waals surface area contributed by atoms with Gasteiger partial charge in [-0.05, 0) is 38.5 Å². The van der Waals surface area contributed by atoms with Crippen LogP contribution < -0.4 is 5.32 Å². The van der Waals surface area contributed by atoms with Crippen LogP contribution in [0.15, 0.2) is 24.3 Å². The fourth-order valence-electron chi connectivity index (χ4n) is 1.65. The summed E-state index contributed by atoms with van der Waals surface area (Å²) in [6.07, 6.45) is 0. The number of rotatable bonds is 5. The lowest BCUT2D eigenvalue weighted by Gasteiger charge is -2.19. The average Bonchev–Trinajstić information content (AvgIpc) is 2.39. The van der Waals surface area contributed by atoms with Gasteiger partial charge in [-0.2, -0.15) is 5.26 Å². The molecule has 0 heterocycles. The van der Waals surface area contributed by atoms with E-state index >= 15 is 0 Å². The molecule has 0 fully saturated rings. The van der Waals surface area contributed by atoms with Gasteiger partial charge in [-0.25, -0.2) is 0 Å². The van der Waals surface area contributed by atoms with E-state index in [-0.39, 0.29) is 18.1 Å². The van der Waals surface area contributed by atoms with Gasteiger partial charge in [-0.3, -0.25) is 10.1 Å². The van der Waals surface area contributed by atoms with Crippen LogP contribution in [0.4, 0.5) is 0 Å². The van der Waals surface area contributed by atoms with Crippen molar-refractivity contribution >= 4 is 5.97 Å². The number of nitrogens with zero attached hydrogens (tertiary/aromatic N) is 1. The summed E-state index contributed by atoms with van der Waals surface area (Å²) in [4.78, 5) is 11.5. The zero-order valence-corrected chi connectivity index (χ0v) is 10.9. The van der Waals surface area contributed by atoms with E-state index in [4.69, 9.17) is 10.00 Å². The van der Waals surface area contributed by atoms with Crippen LogP contribution in [0, 0.1) is 11.3 Å². The van der Waals surface area contributed by atoms with Gasteiger partial charge < -0.3 is 4.74 Å². The summed E-state index contributed by atoms with van der Waals surface area (Å²) in [5.41, 5.74) is 1.66. The van der Waals surface area contributed by atoms with Gasteiger partial charge in [0.1, 0.15) is 6.04 Å². The Morgan fingerprint density at radius 2 is 2.00 bits per heavy atom. The topological polar surface area (TPSA) is 62.1 Å². The lowest BCUT2D eigenvalue weighted by atomic mass is 10.1. The lowest BCUT2D eigenvalue weighted by Crippen LogP contribution is -2.37. The van der Waals surface area contributed by atoms with Crippen molar-refractivity contribution in [3.8, 4) is 6.07 Å². The lowest BCUT2D eigenvalue weighted by molar-refractivity contribution is -0.145. The molecule has 96 valence electrons. The van der Waals surface area contributed by atoms with Crippen molar-refractivity contribution in [3.05, 3.63) is 35.4 Å². The van der Waals surface area contributed by atoms with Crippen LogP contribution in [0.3, 0.4) is 0 Å². The monoisotopic (exact) mass is 246 g/mol. The van der Waals surface area contributed by atoms with Crippen LogP contribution in [-0.2, 0) is 9.53 Å². The van der Waals surface area contributed by atoms with E-state index in [0.717, 1.165) is 5.56 Å². The molecule has 0 aliphatic carbocycles. The Kier molecular flexibility index (Phi) is 5.34. The van der Waals surface area contributed by atoms with Crippen LogP contribution in [0.25, 0.3) is 0 Å². The van der Waals surface area contributed by atoms with Gasteiger partial charge in [-0.15, -0.1) is 0 Å². The third-order valence-corrected chi connectivity index (χ3v) is 2.68. The number of benzene rings is 1. The first-order valence-electron chi connectivity index (χ1n) is 6.01. The Morgan fingerprint density at radius 3 is 2.50 bits per heavy atom. The number of hydrogen-bond acceptors (Lipinski definition) is 4. The summed E-state index contributed by atoms with van der Waals surface area (Å²) in [5.74, 6) is -0.252. The van der Waals surface area contributed by atoms with Gasteiger partial charge in [0.15, 0.2) is 0 Å². The van der Waals surface area contributed by atoms with Crippen molar-refractivity contribution in [2.24, 2.45) is 0 Å². The molecule has 0 aliphatic heterocycles. The number of ether oxygens (including phenoxy) is 1. The van der Waals surface area contributed by atoms with E-state index in [2.05, 4.69) is 11.4 Å². The van der Waals surface area contributed by atoms with E-state index in [1.165, 1.54) is 0 Å². The standard InChI is InChI=1S/C14H18N2O2/c1-4-18-14(17)11(3)16-10(2)13-7-5-12(9-15)6-8-13/h5-8,10-11,16H,4H2,1-3H3. The first-order chi connectivity index (χ1) is 8.58. The number of esters is 1. The van der Waals surface area contributed by atoms with E-state index in [0.29, 0.717) is 12.2 Å². The molecule has 0 saturated heterocycles. The molecule has 1 aromatic rings. The molecule has 2 unspecified atom stereocenters. The molecule has 0 radical (unpaired) electrons. The first kappa shape index (κ1) is 14.2. The Morgan fingerprint density at radius 1 is 1.39 bits per heavy atom. The fraction of sp³-hybridized carbons (Fsp3) is 0.429. The molecule has 0 amide bonds. The van der Waals surface area contributed by atoms with Crippen molar-refractivity contribution < 1.29 is 9.53 Å². The van der Waals surface area contributed by atoms with Gasteiger partial charge >= 0.3 is 5.97 Å². The molecule has 1 N–H and O–H groups in total. The van der Waals surface area contributed by atoms with Gasteiger partial charge in [-0.1, -0.05) is 12.1 Å². The number of nitrogens with one attached hydrogen (secondary N) is 1. The predicted molar refractivity (Wildman–Crippen MR) is 68.8 cm³/mol. The van der Waals surface area contributed by atoms with Crippen LogP contribution in [0.1, 0.15) is 37.9 Å². The molecule has 0 aliphatic rings. The van der Waals surface area contributed by atoms with Gasteiger partial charge in [0.2, 0.25) is 0 Å². The Balaban J connectivity index is 2.61. The molecule has 0 spiro atoms. The molecule has 4 heteroatoms. The summed E-state index contributed by atoms with van der Waals surface area (Å²) < 4.78 is 4.93. The Hall–Kier alpha value is -1.86. The molecule has 1 rings (SSSR count). The minimum Gasteiger partial charge on any atom is -0.465 e. The summed E-state index contributed by atoms with van der Waals surface area (Å²) in [6, 6.07) is 9.05. The number of hydrogen-bond donors (Lipinski definition) is 1. The zero-order chi connectivity index (χ0) is 13.5. The van der Waals surface area contributed by atoms with Crippen LogP contribution >= 0.6 is 0 Å². The summed E-state index contributed by atoms with van der Waals surface area (Å²) in [6.45, 7) is 5.92. The molecular formula is C14H18N2O2. The summed E-state index contributed by atoms with van der Waals surface area (Å²) in [5, 5.41) is 11.9. The number of nitriles is 1. The van der Waals surface area contributed by atoms with Crippen molar-refractivity contribution in [3.63, 3.8) is 0 Å². The van der Waals surface area contributed by atoms with Gasteiger partial charge in [0, 0.05) is 6.04 Å². The van der Waals surface area contributed by atoms with Crippen LogP contribution in [0.5, 0.6) is 0 Å². The number of carbonyl (C=O) groups excluding carboxylic acids is 1. The van der Waals surface area contributed by atoms with E-state index in [9.17, 15) is 4.79 Å². The highest BCUT2D eigenvalue weighted by Crippen LogP contribution is 2.14. The molecule has 1 aromatic carbocycles. The first-order valence-corrected chi connectivity index (χ1v) is 6.01. The van der Waals surface area contributed by atoms with Crippen LogP contribution in [-0.4, -0.2) is 18.6 Å².